The smallest absolute Gasteiger partial charge is 0.473 e. The summed E-state index contributed by atoms with van der Waals surface area (Å²) in [7, 11) is -6.00. The minimum atomic E-state index is -6.00. The second kappa shape index (κ2) is 7.00. The summed E-state index contributed by atoms with van der Waals surface area (Å²) in [5.74, 6) is -3.65. The molecule has 0 heterocycles. The Balaban J connectivity index is -0.000000126. The SMILES string of the molecule is F[B-](F)(F)F.O=C(O)C(=O)O.[Li+]. The zero-order valence-electron chi connectivity index (χ0n) is 5.80. The number of rotatable bonds is 0. The molecular formula is C2H2BF4LiO4. The summed E-state index contributed by atoms with van der Waals surface area (Å²) >= 11 is 0. The van der Waals surface area contributed by atoms with Gasteiger partial charge in [-0.3, -0.25) is 0 Å². The van der Waals surface area contributed by atoms with Gasteiger partial charge in [0.2, 0.25) is 0 Å². The molecule has 0 aromatic carbocycles. The van der Waals surface area contributed by atoms with E-state index in [0.717, 1.165) is 0 Å². The molecule has 12 heavy (non-hydrogen) atoms. The van der Waals surface area contributed by atoms with Crippen LogP contribution in [0.2, 0.25) is 0 Å². The molecule has 2 N–H and O–H groups in total. The van der Waals surface area contributed by atoms with Crippen LogP contribution in [0.15, 0.2) is 0 Å². The van der Waals surface area contributed by atoms with Crippen LogP contribution < -0.4 is 18.9 Å². The third-order valence-corrected chi connectivity index (χ3v) is 0.183. The molecule has 0 unspecified atom stereocenters. The molecule has 0 aliphatic heterocycles. The molecule has 0 spiro atoms. The zero-order valence-corrected chi connectivity index (χ0v) is 5.80. The van der Waals surface area contributed by atoms with Crippen LogP contribution in [0.3, 0.4) is 0 Å². The normalized spacial score (nSPS) is 8.67. The van der Waals surface area contributed by atoms with Crippen molar-refractivity contribution >= 4 is 19.2 Å². The Morgan fingerprint density at radius 1 is 0.917 bits per heavy atom. The van der Waals surface area contributed by atoms with E-state index in [0.29, 0.717) is 0 Å². The van der Waals surface area contributed by atoms with Crippen molar-refractivity contribution in [2.45, 2.75) is 0 Å². The summed E-state index contributed by atoms with van der Waals surface area (Å²) in [4.78, 5) is 18.2. The fraction of sp³-hybridized carbons (Fsp3) is 0. The fourth-order valence-corrected chi connectivity index (χ4v) is 0. The summed E-state index contributed by atoms with van der Waals surface area (Å²) in [6.07, 6.45) is 0. The van der Waals surface area contributed by atoms with E-state index in [-0.39, 0.29) is 18.9 Å². The maximum atomic E-state index is 9.75. The standard InChI is InChI=1S/C2H2O4.BF4.Li/c3-1(4)2(5)6;2-1(3,4)5;/h(H,3,4)(H,5,6);;/q;-1;+1. The van der Waals surface area contributed by atoms with Gasteiger partial charge in [0.05, 0.1) is 0 Å². The molecule has 0 atom stereocenters. The van der Waals surface area contributed by atoms with Crippen LogP contribution in [0.25, 0.3) is 0 Å². The monoisotopic (exact) mass is 184 g/mol. The summed E-state index contributed by atoms with van der Waals surface area (Å²) in [6.45, 7) is 0. The average Bonchev–Trinajstić information content (AvgIpc) is 1.59. The molecule has 0 amide bonds. The second-order valence-electron chi connectivity index (χ2n) is 1.11. The van der Waals surface area contributed by atoms with Crippen LogP contribution in [0.5, 0.6) is 0 Å². The molecule has 10 heteroatoms. The first-order valence-corrected chi connectivity index (χ1v) is 1.98. The molecule has 0 saturated carbocycles. The first-order chi connectivity index (χ1) is 4.64. The van der Waals surface area contributed by atoms with Crippen molar-refractivity contribution in [3.63, 3.8) is 0 Å². The number of aliphatic carboxylic acids is 2. The molecule has 0 aliphatic rings. The van der Waals surface area contributed by atoms with Gasteiger partial charge >= 0.3 is 38.1 Å². The van der Waals surface area contributed by atoms with Gasteiger partial charge in [-0.15, -0.1) is 0 Å². The Kier molecular flexibility index (Phi) is 10.2. The topological polar surface area (TPSA) is 74.6 Å². The van der Waals surface area contributed by atoms with Crippen LogP contribution in [-0.2, 0) is 9.59 Å². The summed E-state index contributed by atoms with van der Waals surface area (Å²) < 4.78 is 39.0. The van der Waals surface area contributed by atoms with Crippen molar-refractivity contribution in [2.75, 3.05) is 0 Å². The maximum absolute atomic E-state index is 9.75. The molecule has 0 aromatic rings. The second-order valence-corrected chi connectivity index (χ2v) is 1.11. The van der Waals surface area contributed by atoms with E-state index in [1.807, 2.05) is 0 Å². The quantitative estimate of drug-likeness (QED) is 0.247. The molecule has 0 rings (SSSR count). The number of carboxylic acids is 2. The number of halogens is 4. The average molecular weight is 184 g/mol. The van der Waals surface area contributed by atoms with Crippen molar-refractivity contribution in [3.05, 3.63) is 0 Å². The molecule has 0 saturated heterocycles. The molecule has 4 nitrogen and oxygen atoms in total. The Labute approximate surface area is 75.8 Å². The Bertz CT molecular complexity index is 140. The first kappa shape index (κ1) is 17.4. The van der Waals surface area contributed by atoms with E-state index in [4.69, 9.17) is 19.8 Å². The Morgan fingerprint density at radius 2 is 1.00 bits per heavy atom. The molecule has 66 valence electrons. The van der Waals surface area contributed by atoms with Gasteiger partial charge < -0.3 is 27.5 Å². The number of hydrogen-bond acceptors (Lipinski definition) is 2. The largest absolute Gasteiger partial charge is 1.00 e. The van der Waals surface area contributed by atoms with Gasteiger partial charge in [0.1, 0.15) is 0 Å². The minimum absolute atomic E-state index is 0. The van der Waals surface area contributed by atoms with E-state index in [2.05, 4.69) is 0 Å². The number of hydrogen-bond donors (Lipinski definition) is 2. The molecular weight excluding hydrogens is 182 g/mol. The zero-order chi connectivity index (χ0) is 9.65. The molecule has 0 fully saturated rings. The van der Waals surface area contributed by atoms with Gasteiger partial charge in [0.25, 0.3) is 0 Å². The van der Waals surface area contributed by atoms with E-state index in [1.54, 1.807) is 0 Å². The van der Waals surface area contributed by atoms with E-state index in [9.17, 15) is 17.3 Å². The Morgan fingerprint density at radius 3 is 1.00 bits per heavy atom. The first-order valence-electron chi connectivity index (χ1n) is 1.98. The van der Waals surface area contributed by atoms with Gasteiger partial charge in [-0.2, -0.15) is 0 Å². The summed E-state index contributed by atoms with van der Waals surface area (Å²) in [6, 6.07) is 0. The summed E-state index contributed by atoms with van der Waals surface area (Å²) in [5, 5.41) is 14.8. The third-order valence-electron chi connectivity index (χ3n) is 0.183. The number of carbonyl (C=O) groups is 2. The van der Waals surface area contributed by atoms with E-state index < -0.39 is 19.2 Å². The third kappa shape index (κ3) is 58.5. The van der Waals surface area contributed by atoms with Crippen LogP contribution in [0.1, 0.15) is 0 Å². The van der Waals surface area contributed by atoms with Crippen LogP contribution in [0.4, 0.5) is 17.3 Å². The van der Waals surface area contributed by atoms with Crippen molar-refractivity contribution in [2.24, 2.45) is 0 Å². The van der Waals surface area contributed by atoms with Crippen LogP contribution in [-0.4, -0.2) is 29.4 Å². The Hall–Kier alpha value is -0.678. The maximum Gasteiger partial charge on any atom is 1.00 e. The van der Waals surface area contributed by atoms with Gasteiger partial charge in [0, 0.05) is 0 Å². The van der Waals surface area contributed by atoms with Gasteiger partial charge in [-0.05, 0) is 0 Å². The van der Waals surface area contributed by atoms with Gasteiger partial charge in [-0.1, -0.05) is 0 Å². The van der Waals surface area contributed by atoms with Crippen molar-refractivity contribution in [1.82, 2.24) is 0 Å². The van der Waals surface area contributed by atoms with Crippen molar-refractivity contribution in [3.8, 4) is 0 Å². The van der Waals surface area contributed by atoms with E-state index in [1.165, 1.54) is 0 Å². The predicted octanol–water partition coefficient (Wildman–Crippen LogP) is -2.54. The molecule has 0 aliphatic carbocycles. The van der Waals surface area contributed by atoms with E-state index >= 15 is 0 Å². The molecule has 0 aromatic heterocycles. The summed E-state index contributed by atoms with van der Waals surface area (Å²) in [5.41, 5.74) is 0. The van der Waals surface area contributed by atoms with Crippen LogP contribution in [0, 0.1) is 0 Å². The minimum Gasteiger partial charge on any atom is -0.473 e. The van der Waals surface area contributed by atoms with Crippen LogP contribution >= 0.6 is 0 Å². The predicted molar refractivity (Wildman–Crippen MR) is 25.5 cm³/mol. The van der Waals surface area contributed by atoms with Crippen molar-refractivity contribution in [1.29, 1.82) is 0 Å². The molecule has 0 bridgehead atoms. The molecule has 0 radical (unpaired) electrons. The van der Waals surface area contributed by atoms with Gasteiger partial charge in [0.15, 0.2) is 0 Å². The van der Waals surface area contributed by atoms with Gasteiger partial charge in [-0.25, -0.2) is 9.59 Å². The van der Waals surface area contributed by atoms with Crippen molar-refractivity contribution < 1.29 is 55.9 Å². The number of carboxylic acid groups (broad SMARTS) is 2. The fourth-order valence-electron chi connectivity index (χ4n) is 0.